The predicted molar refractivity (Wildman–Crippen MR) is 204 cm³/mol. The Balaban J connectivity index is 1.26. The molecule has 0 fully saturated rings. The second kappa shape index (κ2) is 16.4. The van der Waals surface area contributed by atoms with E-state index in [-0.39, 0.29) is 11.6 Å². The fraction of sp³-hybridized carbons (Fsp3) is 0.0714. The van der Waals surface area contributed by atoms with E-state index in [1.807, 2.05) is 91.0 Å². The first-order valence-electron chi connectivity index (χ1n) is 16.1. The number of amides is 3. The molecule has 8 nitrogen and oxygen atoms in total. The van der Waals surface area contributed by atoms with Crippen molar-refractivity contribution < 1.29 is 23.9 Å². The number of benzene rings is 6. The van der Waals surface area contributed by atoms with Crippen molar-refractivity contribution in [3.63, 3.8) is 0 Å². The Morgan fingerprint density at radius 3 is 2.12 bits per heavy atom. The lowest BCUT2D eigenvalue weighted by molar-refractivity contribution is -0.116. The van der Waals surface area contributed by atoms with E-state index in [0.29, 0.717) is 28.3 Å². The minimum Gasteiger partial charge on any atom is -0.493 e. The predicted octanol–water partition coefficient (Wildman–Crippen LogP) is 8.74. The largest absolute Gasteiger partial charge is 0.493 e. The van der Waals surface area contributed by atoms with Gasteiger partial charge in [-0.1, -0.05) is 97.1 Å². The van der Waals surface area contributed by atoms with Crippen LogP contribution in [0.5, 0.6) is 11.5 Å². The summed E-state index contributed by atoms with van der Waals surface area (Å²) in [6.45, 7) is 0. The molecule has 3 N–H and O–H groups in total. The number of hydrogen-bond donors (Lipinski definition) is 3. The van der Waals surface area contributed by atoms with Gasteiger partial charge in [0.15, 0.2) is 11.5 Å². The van der Waals surface area contributed by atoms with Crippen LogP contribution in [0.25, 0.3) is 16.8 Å². The summed E-state index contributed by atoms with van der Waals surface area (Å²) in [6, 6.07) is 44.4. The molecule has 0 saturated carbocycles. The van der Waals surface area contributed by atoms with Gasteiger partial charge < -0.3 is 25.4 Å². The van der Waals surface area contributed by atoms with Crippen molar-refractivity contribution in [2.75, 3.05) is 24.9 Å². The fourth-order valence-electron chi connectivity index (χ4n) is 5.47. The van der Waals surface area contributed by atoms with Crippen molar-refractivity contribution in [3.8, 4) is 11.5 Å². The molecule has 3 amide bonds. The molecular weight excluding hydrogens is 659 g/mol. The van der Waals surface area contributed by atoms with Crippen LogP contribution >= 0.6 is 11.8 Å². The Kier molecular flexibility index (Phi) is 11.1. The van der Waals surface area contributed by atoms with Crippen molar-refractivity contribution in [2.24, 2.45) is 0 Å². The van der Waals surface area contributed by atoms with Gasteiger partial charge in [0.25, 0.3) is 11.8 Å². The van der Waals surface area contributed by atoms with E-state index in [9.17, 15) is 14.4 Å². The van der Waals surface area contributed by atoms with Gasteiger partial charge in [-0.15, -0.1) is 11.8 Å². The molecule has 0 radical (unpaired) electrons. The van der Waals surface area contributed by atoms with E-state index in [0.717, 1.165) is 26.9 Å². The van der Waals surface area contributed by atoms with E-state index < -0.39 is 17.1 Å². The van der Waals surface area contributed by atoms with E-state index in [2.05, 4.69) is 16.0 Å². The summed E-state index contributed by atoms with van der Waals surface area (Å²) in [4.78, 5) is 41.7. The summed E-state index contributed by atoms with van der Waals surface area (Å²) in [7, 11) is 3.06. The van der Waals surface area contributed by atoms with Crippen LogP contribution in [0.15, 0.2) is 156 Å². The lowest BCUT2D eigenvalue weighted by atomic mass is 10.1. The van der Waals surface area contributed by atoms with Gasteiger partial charge in [0.2, 0.25) is 5.91 Å². The van der Waals surface area contributed by atoms with E-state index >= 15 is 0 Å². The first-order valence-corrected chi connectivity index (χ1v) is 17.0. The molecule has 6 aromatic carbocycles. The fourth-order valence-corrected chi connectivity index (χ4v) is 6.55. The van der Waals surface area contributed by atoms with Crippen LogP contribution in [0, 0.1) is 0 Å². The second-order valence-electron chi connectivity index (χ2n) is 11.4. The lowest BCUT2D eigenvalue weighted by Gasteiger charge is -2.18. The number of carbonyl (C=O) groups excluding carboxylic acids is 3. The zero-order valence-electron chi connectivity index (χ0n) is 28.0. The third-order valence-electron chi connectivity index (χ3n) is 7.98. The third kappa shape index (κ3) is 8.65. The van der Waals surface area contributed by atoms with Crippen molar-refractivity contribution in [1.82, 2.24) is 5.32 Å². The highest BCUT2D eigenvalue weighted by molar-refractivity contribution is 8.00. The highest BCUT2D eigenvalue weighted by Crippen LogP contribution is 2.38. The monoisotopic (exact) mass is 693 g/mol. The maximum absolute atomic E-state index is 13.9. The van der Waals surface area contributed by atoms with Crippen molar-refractivity contribution in [3.05, 3.63) is 168 Å². The Morgan fingerprint density at radius 1 is 0.667 bits per heavy atom. The molecule has 0 bridgehead atoms. The standard InChI is InChI=1S/C42H35N3O5S/c1-49-37-24-23-28(26-38(37)50-2)25-36(45-40(46)31-16-7-4-8-17-31)41(47)43-32-19-12-20-33(27-32)51-39(30-14-5-3-6-15-30)42(48)44-35-22-11-18-29-13-9-10-21-34(29)35/h3-27,39H,1-2H3,(H,43,47)(H,44,48)(H,45,46)/b36-25+. The molecule has 0 heterocycles. The number of rotatable bonds is 12. The van der Waals surface area contributed by atoms with Gasteiger partial charge in [0.1, 0.15) is 10.9 Å². The molecule has 6 aromatic rings. The third-order valence-corrected chi connectivity index (χ3v) is 9.23. The van der Waals surface area contributed by atoms with Crippen LogP contribution in [-0.2, 0) is 9.59 Å². The first-order chi connectivity index (χ1) is 24.9. The van der Waals surface area contributed by atoms with Gasteiger partial charge in [-0.05, 0) is 71.1 Å². The number of methoxy groups -OCH3 is 2. The number of ether oxygens (including phenoxy) is 2. The van der Waals surface area contributed by atoms with Crippen molar-refractivity contribution in [1.29, 1.82) is 0 Å². The van der Waals surface area contributed by atoms with Crippen molar-refractivity contribution in [2.45, 2.75) is 10.1 Å². The lowest BCUT2D eigenvalue weighted by Crippen LogP contribution is -2.30. The molecule has 0 aliphatic heterocycles. The Morgan fingerprint density at radius 2 is 1.35 bits per heavy atom. The zero-order valence-corrected chi connectivity index (χ0v) is 28.8. The molecule has 0 aliphatic rings. The SMILES string of the molecule is COc1ccc(/C=C(/NC(=O)c2ccccc2)C(=O)Nc2cccc(SC(C(=O)Nc3cccc4ccccc34)c3ccccc3)c2)cc1OC. The number of anilines is 2. The summed E-state index contributed by atoms with van der Waals surface area (Å²) in [5.74, 6) is -0.152. The molecule has 1 unspecified atom stereocenters. The van der Waals surface area contributed by atoms with Gasteiger partial charge in [0.05, 0.1) is 14.2 Å². The molecule has 0 spiro atoms. The van der Waals surface area contributed by atoms with Gasteiger partial charge >= 0.3 is 0 Å². The summed E-state index contributed by atoms with van der Waals surface area (Å²) >= 11 is 1.37. The van der Waals surface area contributed by atoms with Gasteiger partial charge in [-0.25, -0.2) is 0 Å². The minimum atomic E-state index is -0.596. The van der Waals surface area contributed by atoms with Crippen LogP contribution in [0.2, 0.25) is 0 Å². The van der Waals surface area contributed by atoms with E-state index in [1.165, 1.54) is 26.0 Å². The van der Waals surface area contributed by atoms with E-state index in [1.54, 1.807) is 60.7 Å². The Labute approximate surface area is 300 Å². The van der Waals surface area contributed by atoms with Crippen LogP contribution in [0.4, 0.5) is 11.4 Å². The van der Waals surface area contributed by atoms with Crippen LogP contribution in [0.1, 0.15) is 26.7 Å². The van der Waals surface area contributed by atoms with E-state index in [4.69, 9.17) is 9.47 Å². The second-order valence-corrected chi connectivity index (χ2v) is 12.6. The van der Waals surface area contributed by atoms with Crippen LogP contribution in [0.3, 0.4) is 0 Å². The number of fused-ring (bicyclic) bond motifs is 1. The maximum Gasteiger partial charge on any atom is 0.272 e. The summed E-state index contributed by atoms with van der Waals surface area (Å²) < 4.78 is 10.8. The molecule has 0 aromatic heterocycles. The molecule has 1 atom stereocenters. The van der Waals surface area contributed by atoms with Gasteiger partial charge in [0, 0.05) is 27.2 Å². The minimum absolute atomic E-state index is 0.0192. The first kappa shape index (κ1) is 34.5. The summed E-state index contributed by atoms with van der Waals surface area (Å²) in [5.41, 5.74) is 3.07. The van der Waals surface area contributed by atoms with Crippen molar-refractivity contribution >= 4 is 57.7 Å². The summed E-state index contributed by atoms with van der Waals surface area (Å²) in [6.07, 6.45) is 1.57. The summed E-state index contributed by atoms with van der Waals surface area (Å²) in [5, 5.41) is 10.2. The average Bonchev–Trinajstić information content (AvgIpc) is 3.17. The quantitative estimate of drug-likeness (QED) is 0.0875. The van der Waals surface area contributed by atoms with Gasteiger partial charge in [-0.2, -0.15) is 0 Å². The molecule has 0 saturated heterocycles. The average molecular weight is 694 g/mol. The van der Waals surface area contributed by atoms with Crippen LogP contribution < -0.4 is 25.4 Å². The molecule has 6 rings (SSSR count). The highest BCUT2D eigenvalue weighted by atomic mass is 32.2. The highest BCUT2D eigenvalue weighted by Gasteiger charge is 2.23. The van der Waals surface area contributed by atoms with Crippen LogP contribution in [-0.4, -0.2) is 31.9 Å². The normalized spacial score (nSPS) is 11.7. The molecule has 0 aliphatic carbocycles. The smallest absolute Gasteiger partial charge is 0.272 e. The number of hydrogen-bond acceptors (Lipinski definition) is 6. The molecule has 254 valence electrons. The maximum atomic E-state index is 13.9. The number of carbonyl (C=O) groups is 3. The molecule has 9 heteroatoms. The number of thioether (sulfide) groups is 1. The topological polar surface area (TPSA) is 106 Å². The number of nitrogens with one attached hydrogen (secondary N) is 3. The Bertz CT molecular complexity index is 2200. The van der Waals surface area contributed by atoms with Gasteiger partial charge in [-0.3, -0.25) is 14.4 Å². The zero-order chi connectivity index (χ0) is 35.6. The molecule has 51 heavy (non-hydrogen) atoms. The molecular formula is C42H35N3O5S. The Hall–Kier alpha value is -6.32.